The zero-order chi connectivity index (χ0) is 12.8. The SMILES string of the molecule is CC(O)CCC(=O)N(C)Cc1cccc(O)c1. The number of carbonyl (C=O) groups is 1. The fourth-order valence-corrected chi connectivity index (χ4v) is 1.54. The first-order valence-electron chi connectivity index (χ1n) is 5.69. The molecule has 4 heteroatoms. The number of phenolic OH excluding ortho intramolecular Hbond substituents is 1. The minimum Gasteiger partial charge on any atom is -0.508 e. The number of benzene rings is 1. The summed E-state index contributed by atoms with van der Waals surface area (Å²) < 4.78 is 0. The smallest absolute Gasteiger partial charge is 0.222 e. The summed E-state index contributed by atoms with van der Waals surface area (Å²) in [6, 6.07) is 6.84. The molecule has 0 bridgehead atoms. The lowest BCUT2D eigenvalue weighted by molar-refractivity contribution is -0.131. The molecule has 0 fully saturated rings. The Morgan fingerprint density at radius 3 is 2.76 bits per heavy atom. The maximum absolute atomic E-state index is 11.7. The van der Waals surface area contributed by atoms with Gasteiger partial charge < -0.3 is 15.1 Å². The van der Waals surface area contributed by atoms with Crippen molar-refractivity contribution in [2.24, 2.45) is 0 Å². The normalized spacial score (nSPS) is 12.2. The molecule has 0 aliphatic rings. The van der Waals surface area contributed by atoms with Crippen LogP contribution in [0, 0.1) is 0 Å². The number of phenols is 1. The Balaban J connectivity index is 2.48. The average Bonchev–Trinajstić information content (AvgIpc) is 2.25. The van der Waals surface area contributed by atoms with E-state index in [1.54, 1.807) is 37.1 Å². The second kappa shape index (κ2) is 6.25. The van der Waals surface area contributed by atoms with Crippen molar-refractivity contribution in [3.63, 3.8) is 0 Å². The van der Waals surface area contributed by atoms with Gasteiger partial charge in [-0.2, -0.15) is 0 Å². The van der Waals surface area contributed by atoms with E-state index in [0.29, 0.717) is 19.4 Å². The van der Waals surface area contributed by atoms with Crippen LogP contribution in [0.5, 0.6) is 5.75 Å². The number of aliphatic hydroxyl groups is 1. The summed E-state index contributed by atoms with van der Waals surface area (Å²) >= 11 is 0. The van der Waals surface area contributed by atoms with Crippen LogP contribution in [-0.4, -0.2) is 34.2 Å². The molecule has 0 aromatic heterocycles. The lowest BCUT2D eigenvalue weighted by atomic mass is 10.1. The molecule has 2 N–H and O–H groups in total. The van der Waals surface area contributed by atoms with Gasteiger partial charge in [-0.3, -0.25) is 4.79 Å². The molecule has 0 heterocycles. The highest BCUT2D eigenvalue weighted by Gasteiger charge is 2.10. The number of rotatable bonds is 5. The molecule has 0 saturated carbocycles. The maximum atomic E-state index is 11.7. The van der Waals surface area contributed by atoms with Crippen LogP contribution < -0.4 is 0 Å². The topological polar surface area (TPSA) is 60.8 Å². The number of aromatic hydroxyl groups is 1. The molecule has 4 nitrogen and oxygen atoms in total. The van der Waals surface area contributed by atoms with Gasteiger partial charge in [-0.1, -0.05) is 12.1 Å². The van der Waals surface area contributed by atoms with E-state index in [9.17, 15) is 9.90 Å². The molecule has 1 aromatic rings. The molecular formula is C13H19NO3. The van der Waals surface area contributed by atoms with Gasteiger partial charge in [0.25, 0.3) is 0 Å². The molecule has 1 unspecified atom stereocenters. The van der Waals surface area contributed by atoms with Gasteiger partial charge in [0, 0.05) is 20.0 Å². The van der Waals surface area contributed by atoms with E-state index in [1.807, 2.05) is 6.07 Å². The first-order valence-corrected chi connectivity index (χ1v) is 5.69. The Hall–Kier alpha value is -1.55. The molecule has 0 radical (unpaired) electrons. The molecule has 1 rings (SSSR count). The highest BCUT2D eigenvalue weighted by molar-refractivity contribution is 5.75. The Bertz CT molecular complexity index is 377. The van der Waals surface area contributed by atoms with E-state index in [-0.39, 0.29) is 11.7 Å². The number of carbonyl (C=O) groups excluding carboxylic acids is 1. The summed E-state index contributed by atoms with van der Waals surface area (Å²) in [7, 11) is 1.72. The van der Waals surface area contributed by atoms with Gasteiger partial charge >= 0.3 is 0 Å². The summed E-state index contributed by atoms with van der Waals surface area (Å²) in [6.45, 7) is 2.13. The van der Waals surface area contributed by atoms with Crippen LogP contribution >= 0.6 is 0 Å². The van der Waals surface area contributed by atoms with Gasteiger partial charge in [0.15, 0.2) is 0 Å². The quantitative estimate of drug-likeness (QED) is 0.816. The third kappa shape index (κ3) is 4.87. The fourth-order valence-electron chi connectivity index (χ4n) is 1.54. The Kier molecular flexibility index (Phi) is 4.97. The van der Waals surface area contributed by atoms with Crippen molar-refractivity contribution in [3.8, 4) is 5.75 Å². The minimum atomic E-state index is -0.451. The van der Waals surface area contributed by atoms with E-state index < -0.39 is 6.10 Å². The van der Waals surface area contributed by atoms with Crippen LogP contribution in [0.3, 0.4) is 0 Å². The molecule has 94 valence electrons. The number of nitrogens with zero attached hydrogens (tertiary/aromatic N) is 1. The van der Waals surface area contributed by atoms with Crippen molar-refractivity contribution >= 4 is 5.91 Å². The van der Waals surface area contributed by atoms with E-state index in [1.165, 1.54) is 0 Å². The average molecular weight is 237 g/mol. The van der Waals surface area contributed by atoms with Crippen LogP contribution in [0.15, 0.2) is 24.3 Å². The molecular weight excluding hydrogens is 218 g/mol. The zero-order valence-electron chi connectivity index (χ0n) is 10.3. The summed E-state index contributed by atoms with van der Waals surface area (Å²) in [5.74, 6) is 0.196. The van der Waals surface area contributed by atoms with Crippen LogP contribution in [0.2, 0.25) is 0 Å². The Morgan fingerprint density at radius 1 is 1.47 bits per heavy atom. The van der Waals surface area contributed by atoms with Gasteiger partial charge in [-0.15, -0.1) is 0 Å². The predicted molar refractivity (Wildman–Crippen MR) is 65.5 cm³/mol. The van der Waals surface area contributed by atoms with E-state index in [4.69, 9.17) is 5.11 Å². The standard InChI is InChI=1S/C13H19NO3/c1-10(15)6-7-13(17)14(2)9-11-4-3-5-12(16)8-11/h3-5,8,10,15-16H,6-7,9H2,1-2H3. The van der Waals surface area contributed by atoms with Crippen molar-refractivity contribution < 1.29 is 15.0 Å². The summed E-state index contributed by atoms with van der Waals surface area (Å²) in [5.41, 5.74) is 0.887. The Labute approximate surface area is 101 Å². The van der Waals surface area contributed by atoms with Gasteiger partial charge in [0.05, 0.1) is 6.10 Å². The first kappa shape index (κ1) is 13.5. The molecule has 17 heavy (non-hydrogen) atoms. The predicted octanol–water partition coefficient (Wildman–Crippen LogP) is 1.51. The van der Waals surface area contributed by atoms with Crippen molar-refractivity contribution in [1.29, 1.82) is 0 Å². The molecule has 0 spiro atoms. The lowest BCUT2D eigenvalue weighted by Gasteiger charge is -2.17. The van der Waals surface area contributed by atoms with Gasteiger partial charge in [0.1, 0.15) is 5.75 Å². The molecule has 1 aromatic carbocycles. The van der Waals surface area contributed by atoms with Crippen molar-refractivity contribution in [2.75, 3.05) is 7.05 Å². The zero-order valence-corrected chi connectivity index (χ0v) is 10.3. The van der Waals surface area contributed by atoms with Crippen molar-refractivity contribution in [2.45, 2.75) is 32.4 Å². The third-order valence-corrected chi connectivity index (χ3v) is 2.53. The summed E-state index contributed by atoms with van der Waals surface area (Å²) in [4.78, 5) is 13.3. The highest BCUT2D eigenvalue weighted by Crippen LogP contribution is 2.13. The largest absolute Gasteiger partial charge is 0.508 e. The number of amides is 1. The van der Waals surface area contributed by atoms with Gasteiger partial charge in [-0.25, -0.2) is 0 Å². The van der Waals surface area contributed by atoms with Crippen LogP contribution in [0.4, 0.5) is 0 Å². The first-order chi connectivity index (χ1) is 7.99. The summed E-state index contributed by atoms with van der Waals surface area (Å²) in [6.07, 6.45) is 0.365. The molecule has 0 saturated heterocycles. The van der Waals surface area contributed by atoms with Crippen LogP contribution in [0.1, 0.15) is 25.3 Å². The number of hydrogen-bond acceptors (Lipinski definition) is 3. The van der Waals surface area contributed by atoms with Crippen molar-refractivity contribution in [3.05, 3.63) is 29.8 Å². The van der Waals surface area contributed by atoms with Gasteiger partial charge in [0.2, 0.25) is 5.91 Å². The second-order valence-corrected chi connectivity index (χ2v) is 4.31. The summed E-state index contributed by atoms with van der Waals surface area (Å²) in [5, 5.41) is 18.4. The number of hydrogen-bond donors (Lipinski definition) is 2. The molecule has 1 amide bonds. The van der Waals surface area contributed by atoms with E-state index in [0.717, 1.165) is 5.56 Å². The van der Waals surface area contributed by atoms with E-state index in [2.05, 4.69) is 0 Å². The highest BCUT2D eigenvalue weighted by atomic mass is 16.3. The molecule has 1 atom stereocenters. The lowest BCUT2D eigenvalue weighted by Crippen LogP contribution is -2.26. The van der Waals surface area contributed by atoms with Crippen LogP contribution in [-0.2, 0) is 11.3 Å². The fraction of sp³-hybridized carbons (Fsp3) is 0.462. The van der Waals surface area contributed by atoms with Crippen LogP contribution in [0.25, 0.3) is 0 Å². The number of aliphatic hydroxyl groups excluding tert-OH is 1. The monoisotopic (exact) mass is 237 g/mol. The molecule has 0 aliphatic heterocycles. The third-order valence-electron chi connectivity index (χ3n) is 2.53. The molecule has 0 aliphatic carbocycles. The maximum Gasteiger partial charge on any atom is 0.222 e. The minimum absolute atomic E-state index is 0.00533. The van der Waals surface area contributed by atoms with Crippen molar-refractivity contribution in [1.82, 2.24) is 4.90 Å². The van der Waals surface area contributed by atoms with Gasteiger partial charge in [-0.05, 0) is 31.0 Å². The van der Waals surface area contributed by atoms with E-state index >= 15 is 0 Å². The second-order valence-electron chi connectivity index (χ2n) is 4.31. The Morgan fingerprint density at radius 2 is 2.18 bits per heavy atom.